The van der Waals surface area contributed by atoms with Gasteiger partial charge in [0.1, 0.15) is 16.9 Å². The molecule has 7 nitrogen and oxygen atoms in total. The van der Waals surface area contributed by atoms with E-state index in [-0.39, 0.29) is 23.5 Å². The van der Waals surface area contributed by atoms with Crippen LogP contribution in [0.4, 0.5) is 0 Å². The largest absolute Gasteiger partial charge is 0.463 e. The summed E-state index contributed by atoms with van der Waals surface area (Å²) in [5, 5.41) is 9.79. The Bertz CT molecular complexity index is 838. The number of aryl methyl sites for hydroxylation is 1. The normalized spacial score (nSPS) is 10.2. The number of methoxy groups -OCH3 is 1. The van der Waals surface area contributed by atoms with Gasteiger partial charge in [0.15, 0.2) is 0 Å². The van der Waals surface area contributed by atoms with Crippen molar-refractivity contribution in [2.45, 2.75) is 24.6 Å². The molecule has 0 N–H and O–H groups in total. The first kappa shape index (κ1) is 18.5. The fourth-order valence-electron chi connectivity index (χ4n) is 1.99. The monoisotopic (exact) mass is 360 g/mol. The maximum absolute atomic E-state index is 11.9. The Balaban J connectivity index is 2.18. The Hall–Kier alpha value is -2.79. The predicted molar refractivity (Wildman–Crippen MR) is 89.3 cm³/mol. The fourth-order valence-corrected chi connectivity index (χ4v) is 2.89. The van der Waals surface area contributed by atoms with Crippen LogP contribution in [0.2, 0.25) is 0 Å². The van der Waals surface area contributed by atoms with Gasteiger partial charge in [0.2, 0.25) is 5.76 Å². The van der Waals surface area contributed by atoms with E-state index in [1.807, 2.05) is 6.07 Å². The summed E-state index contributed by atoms with van der Waals surface area (Å²) in [5.41, 5.74) is 1.03. The molecule has 0 aliphatic heterocycles. The number of nitrogens with zero attached hydrogens (tertiary/aromatic N) is 2. The third kappa shape index (κ3) is 4.39. The van der Waals surface area contributed by atoms with Crippen molar-refractivity contribution in [3.8, 4) is 6.07 Å². The van der Waals surface area contributed by atoms with Gasteiger partial charge in [0, 0.05) is 0 Å². The number of carbonyl (C=O) groups excluding carboxylic acids is 2. The summed E-state index contributed by atoms with van der Waals surface area (Å²) in [6.45, 7) is 3.64. The molecule has 25 heavy (non-hydrogen) atoms. The van der Waals surface area contributed by atoms with E-state index in [1.165, 1.54) is 31.0 Å². The summed E-state index contributed by atoms with van der Waals surface area (Å²) >= 11 is 1.27. The van der Waals surface area contributed by atoms with Crippen molar-refractivity contribution in [1.82, 2.24) is 4.98 Å². The molecule has 0 unspecified atom stereocenters. The Kier molecular flexibility index (Phi) is 6.19. The van der Waals surface area contributed by atoms with E-state index in [2.05, 4.69) is 9.72 Å². The van der Waals surface area contributed by atoms with Crippen LogP contribution in [0, 0.1) is 18.3 Å². The van der Waals surface area contributed by atoms with E-state index in [1.54, 1.807) is 19.9 Å². The third-order valence-corrected chi connectivity index (χ3v) is 4.21. The van der Waals surface area contributed by atoms with Crippen molar-refractivity contribution in [3.63, 3.8) is 0 Å². The lowest BCUT2D eigenvalue weighted by atomic mass is 10.1. The van der Waals surface area contributed by atoms with Gasteiger partial charge in [-0.05, 0) is 32.0 Å². The number of esters is 2. The first-order valence-corrected chi connectivity index (χ1v) is 8.37. The molecular weight excluding hydrogens is 344 g/mol. The molecule has 0 aromatic carbocycles. The van der Waals surface area contributed by atoms with Crippen molar-refractivity contribution in [2.75, 3.05) is 13.7 Å². The Morgan fingerprint density at radius 2 is 2.12 bits per heavy atom. The van der Waals surface area contributed by atoms with Crippen molar-refractivity contribution >= 4 is 23.7 Å². The quantitative estimate of drug-likeness (QED) is 0.572. The average molecular weight is 360 g/mol. The van der Waals surface area contributed by atoms with Crippen LogP contribution in [0.15, 0.2) is 27.6 Å². The second-order valence-corrected chi connectivity index (χ2v) is 5.82. The number of rotatable bonds is 6. The number of nitriles is 1. The first-order chi connectivity index (χ1) is 12.0. The summed E-state index contributed by atoms with van der Waals surface area (Å²) in [5.74, 6) is -0.0312. The highest BCUT2D eigenvalue weighted by atomic mass is 32.2. The third-order valence-electron chi connectivity index (χ3n) is 3.19. The minimum absolute atomic E-state index is 0.111. The standard InChI is InChI=1S/C17H16N2O5S/c1-4-23-16(20)13-7-11(8-18)15(19-10(13)2)25-9-12-5-6-14(24-12)17(21)22-3/h5-7H,4,9H2,1-3H3. The lowest BCUT2D eigenvalue weighted by molar-refractivity contribution is 0.0523. The maximum atomic E-state index is 11.9. The van der Waals surface area contributed by atoms with Gasteiger partial charge in [-0.1, -0.05) is 11.8 Å². The van der Waals surface area contributed by atoms with Crippen molar-refractivity contribution in [3.05, 3.63) is 46.5 Å². The lowest BCUT2D eigenvalue weighted by Crippen LogP contribution is -2.09. The zero-order chi connectivity index (χ0) is 18.4. The predicted octanol–water partition coefficient (Wildman–Crippen LogP) is 3.11. The van der Waals surface area contributed by atoms with Gasteiger partial charge in [0.05, 0.1) is 36.3 Å². The zero-order valence-corrected chi connectivity index (χ0v) is 14.8. The Morgan fingerprint density at radius 1 is 1.36 bits per heavy atom. The van der Waals surface area contributed by atoms with E-state index in [9.17, 15) is 14.9 Å². The zero-order valence-electron chi connectivity index (χ0n) is 14.0. The molecule has 8 heteroatoms. The molecule has 0 fully saturated rings. The molecule has 0 saturated heterocycles. The van der Waals surface area contributed by atoms with E-state index >= 15 is 0 Å². The molecule has 2 aromatic heterocycles. The number of ether oxygens (including phenoxy) is 2. The molecule has 0 radical (unpaired) electrons. The maximum Gasteiger partial charge on any atom is 0.373 e. The minimum Gasteiger partial charge on any atom is -0.463 e. The van der Waals surface area contributed by atoms with Gasteiger partial charge >= 0.3 is 11.9 Å². The molecule has 0 bridgehead atoms. The average Bonchev–Trinajstić information content (AvgIpc) is 3.08. The molecule has 0 amide bonds. The van der Waals surface area contributed by atoms with Gasteiger partial charge in [-0.15, -0.1) is 0 Å². The highest BCUT2D eigenvalue weighted by molar-refractivity contribution is 7.98. The van der Waals surface area contributed by atoms with Crippen LogP contribution in [0.5, 0.6) is 0 Å². The van der Waals surface area contributed by atoms with Gasteiger partial charge in [-0.3, -0.25) is 0 Å². The van der Waals surface area contributed by atoms with Crippen molar-refractivity contribution in [1.29, 1.82) is 5.26 Å². The number of aromatic nitrogens is 1. The number of thioether (sulfide) groups is 1. The molecule has 2 aromatic rings. The smallest absolute Gasteiger partial charge is 0.373 e. The Morgan fingerprint density at radius 3 is 2.76 bits per heavy atom. The second-order valence-electron chi connectivity index (χ2n) is 4.85. The van der Waals surface area contributed by atoms with Crippen LogP contribution < -0.4 is 0 Å². The minimum atomic E-state index is -0.554. The summed E-state index contributed by atoms with van der Waals surface area (Å²) < 4.78 is 14.9. The topological polar surface area (TPSA) is 102 Å². The van der Waals surface area contributed by atoms with Crippen LogP contribution in [0.1, 0.15) is 44.9 Å². The molecule has 0 saturated carbocycles. The van der Waals surface area contributed by atoms with Crippen LogP contribution >= 0.6 is 11.8 Å². The molecule has 130 valence electrons. The molecule has 0 spiro atoms. The number of carbonyl (C=O) groups is 2. The van der Waals surface area contributed by atoms with Crippen molar-refractivity contribution in [2.24, 2.45) is 0 Å². The van der Waals surface area contributed by atoms with Gasteiger partial charge < -0.3 is 13.9 Å². The van der Waals surface area contributed by atoms with Crippen LogP contribution in [0.25, 0.3) is 0 Å². The second kappa shape index (κ2) is 8.35. The van der Waals surface area contributed by atoms with Gasteiger partial charge in [-0.2, -0.15) is 5.26 Å². The summed E-state index contributed by atoms with van der Waals surface area (Å²) in [4.78, 5) is 27.6. The lowest BCUT2D eigenvalue weighted by Gasteiger charge is -2.08. The van der Waals surface area contributed by atoms with Crippen LogP contribution in [-0.2, 0) is 15.2 Å². The van der Waals surface area contributed by atoms with Crippen LogP contribution in [0.3, 0.4) is 0 Å². The van der Waals surface area contributed by atoms with Crippen molar-refractivity contribution < 1.29 is 23.5 Å². The van der Waals surface area contributed by atoms with Gasteiger partial charge in [0.25, 0.3) is 0 Å². The number of furan rings is 1. The van der Waals surface area contributed by atoms with Crippen LogP contribution in [-0.4, -0.2) is 30.6 Å². The molecule has 2 heterocycles. The molecular formula is C17H16N2O5S. The molecule has 0 aliphatic carbocycles. The highest BCUT2D eigenvalue weighted by Gasteiger charge is 2.17. The van der Waals surface area contributed by atoms with E-state index in [0.29, 0.717) is 22.2 Å². The van der Waals surface area contributed by atoms with E-state index in [4.69, 9.17) is 9.15 Å². The summed E-state index contributed by atoms with van der Waals surface area (Å²) in [6.07, 6.45) is 0. The number of hydrogen-bond acceptors (Lipinski definition) is 8. The highest BCUT2D eigenvalue weighted by Crippen LogP contribution is 2.27. The Labute approximate surface area is 148 Å². The van der Waals surface area contributed by atoms with E-state index in [0.717, 1.165) is 0 Å². The number of pyridine rings is 1. The fraction of sp³-hybridized carbons (Fsp3) is 0.294. The van der Waals surface area contributed by atoms with E-state index < -0.39 is 11.9 Å². The summed E-state index contributed by atoms with van der Waals surface area (Å²) in [6, 6.07) is 6.69. The number of hydrogen-bond donors (Lipinski definition) is 0. The first-order valence-electron chi connectivity index (χ1n) is 7.38. The molecule has 0 aliphatic rings. The van der Waals surface area contributed by atoms with Gasteiger partial charge in [-0.25, -0.2) is 14.6 Å². The molecule has 2 rings (SSSR count). The SMILES string of the molecule is CCOC(=O)c1cc(C#N)c(SCc2ccc(C(=O)OC)o2)nc1C. The molecule has 0 atom stereocenters. The summed E-state index contributed by atoms with van der Waals surface area (Å²) in [7, 11) is 1.27.